The van der Waals surface area contributed by atoms with Gasteiger partial charge < -0.3 is 0 Å². The van der Waals surface area contributed by atoms with Crippen molar-refractivity contribution in [3.63, 3.8) is 0 Å². The maximum absolute atomic E-state index is 11.8. The highest BCUT2D eigenvalue weighted by atomic mass is 16.1. The number of Topliss-reactive ketones (excluding diaryl/α,β-unsaturated/α-hetero) is 1. The summed E-state index contributed by atoms with van der Waals surface area (Å²) < 4.78 is 0. The average molecular weight is 261 g/mol. The Hall–Kier alpha value is -2.48. The Kier molecular flexibility index (Phi) is 3.30. The monoisotopic (exact) mass is 261 g/mol. The number of carbonyl (C=O) groups is 1. The molecule has 0 saturated carbocycles. The van der Waals surface area contributed by atoms with Crippen molar-refractivity contribution in [1.82, 2.24) is 4.98 Å². The zero-order valence-electron chi connectivity index (χ0n) is 11.3. The number of carbonyl (C=O) groups excluding carboxylic acids is 1. The van der Waals surface area contributed by atoms with Crippen LogP contribution in [0, 0.1) is 0 Å². The van der Waals surface area contributed by atoms with Gasteiger partial charge in [-0.3, -0.25) is 9.78 Å². The summed E-state index contributed by atoms with van der Waals surface area (Å²) in [7, 11) is 0. The first-order valence-electron chi connectivity index (χ1n) is 6.76. The minimum atomic E-state index is 0.167. The molecule has 3 rings (SSSR count). The van der Waals surface area contributed by atoms with E-state index in [4.69, 9.17) is 0 Å². The normalized spacial score (nSPS) is 10.7. The van der Waals surface area contributed by atoms with Gasteiger partial charge in [-0.25, -0.2) is 0 Å². The number of rotatable bonds is 3. The molecule has 0 fully saturated rings. The third kappa shape index (κ3) is 2.21. The highest BCUT2D eigenvalue weighted by molar-refractivity contribution is 5.99. The van der Waals surface area contributed by atoms with Gasteiger partial charge in [0.2, 0.25) is 0 Å². The Labute approximate surface area is 118 Å². The summed E-state index contributed by atoms with van der Waals surface area (Å²) in [6.07, 6.45) is 4.25. The van der Waals surface area contributed by atoms with E-state index in [9.17, 15) is 4.79 Å². The third-order valence-electron chi connectivity index (χ3n) is 3.48. The molecule has 1 heterocycles. The van der Waals surface area contributed by atoms with Crippen LogP contribution in [0.15, 0.2) is 60.9 Å². The highest BCUT2D eigenvalue weighted by Gasteiger charge is 2.07. The van der Waals surface area contributed by atoms with Crippen molar-refractivity contribution in [3.8, 4) is 11.1 Å². The van der Waals surface area contributed by atoms with E-state index in [0.29, 0.717) is 6.42 Å². The van der Waals surface area contributed by atoms with Gasteiger partial charge in [-0.1, -0.05) is 49.4 Å². The molecule has 0 aliphatic heterocycles. The lowest BCUT2D eigenvalue weighted by Crippen LogP contribution is -1.96. The second-order valence-corrected chi connectivity index (χ2v) is 4.77. The van der Waals surface area contributed by atoms with Crippen molar-refractivity contribution in [2.45, 2.75) is 13.3 Å². The van der Waals surface area contributed by atoms with Crippen LogP contribution >= 0.6 is 0 Å². The number of pyridine rings is 1. The maximum atomic E-state index is 11.8. The lowest BCUT2D eigenvalue weighted by Gasteiger charge is -2.07. The molecule has 0 aliphatic carbocycles. The van der Waals surface area contributed by atoms with Gasteiger partial charge in [0, 0.05) is 35.3 Å². The van der Waals surface area contributed by atoms with Crippen molar-refractivity contribution >= 4 is 16.6 Å². The molecule has 2 heteroatoms. The van der Waals surface area contributed by atoms with E-state index >= 15 is 0 Å². The van der Waals surface area contributed by atoms with Crippen molar-refractivity contribution in [1.29, 1.82) is 0 Å². The van der Waals surface area contributed by atoms with E-state index in [1.165, 1.54) is 0 Å². The first-order valence-corrected chi connectivity index (χ1v) is 6.76. The fourth-order valence-corrected chi connectivity index (χ4v) is 2.41. The van der Waals surface area contributed by atoms with Gasteiger partial charge >= 0.3 is 0 Å². The molecule has 20 heavy (non-hydrogen) atoms. The Bertz CT molecular complexity index is 772. The smallest absolute Gasteiger partial charge is 0.162 e. The van der Waals surface area contributed by atoms with Crippen LogP contribution in [0.2, 0.25) is 0 Å². The standard InChI is InChI=1S/C18H15NO/c1-2-18(20)14-8-5-7-13(10-14)17-12-19-11-15-6-3-4-9-16(15)17/h3-12H,2H2,1H3. The fourth-order valence-electron chi connectivity index (χ4n) is 2.41. The number of hydrogen-bond acceptors (Lipinski definition) is 2. The first-order chi connectivity index (χ1) is 9.79. The van der Waals surface area contributed by atoms with Crippen molar-refractivity contribution in [2.24, 2.45) is 0 Å². The molecule has 3 aromatic rings. The Morgan fingerprint density at radius 1 is 1.05 bits per heavy atom. The predicted molar refractivity (Wildman–Crippen MR) is 81.8 cm³/mol. The number of ketones is 1. The quantitative estimate of drug-likeness (QED) is 0.650. The van der Waals surface area contributed by atoms with Crippen LogP contribution in [0.3, 0.4) is 0 Å². The molecular formula is C18H15NO. The van der Waals surface area contributed by atoms with Crippen LogP contribution in [0.4, 0.5) is 0 Å². The molecule has 0 amide bonds. The summed E-state index contributed by atoms with van der Waals surface area (Å²) >= 11 is 0. The summed E-state index contributed by atoms with van der Waals surface area (Å²) in [5, 5.41) is 2.26. The number of hydrogen-bond donors (Lipinski definition) is 0. The zero-order valence-corrected chi connectivity index (χ0v) is 11.3. The summed E-state index contributed by atoms with van der Waals surface area (Å²) in [6.45, 7) is 1.88. The second kappa shape index (κ2) is 5.25. The Balaban J connectivity index is 2.18. The molecule has 98 valence electrons. The summed E-state index contributed by atoms with van der Waals surface area (Å²) in [4.78, 5) is 16.1. The second-order valence-electron chi connectivity index (χ2n) is 4.77. The topological polar surface area (TPSA) is 30.0 Å². The molecule has 0 atom stereocenters. The van der Waals surface area contributed by atoms with E-state index in [2.05, 4.69) is 11.1 Å². The SMILES string of the molecule is CCC(=O)c1cccc(-c2cncc3ccccc23)c1. The fraction of sp³-hybridized carbons (Fsp3) is 0.111. The highest BCUT2D eigenvalue weighted by Crippen LogP contribution is 2.28. The summed E-state index contributed by atoms with van der Waals surface area (Å²) in [5.41, 5.74) is 2.86. The molecule has 0 N–H and O–H groups in total. The van der Waals surface area contributed by atoms with Crippen LogP contribution in [0.5, 0.6) is 0 Å². The van der Waals surface area contributed by atoms with Crippen molar-refractivity contribution in [2.75, 3.05) is 0 Å². The maximum Gasteiger partial charge on any atom is 0.162 e. The largest absolute Gasteiger partial charge is 0.294 e. The molecule has 0 spiro atoms. The van der Waals surface area contributed by atoms with Gasteiger partial charge in [-0.15, -0.1) is 0 Å². The molecule has 2 aromatic carbocycles. The van der Waals surface area contributed by atoms with Gasteiger partial charge in [-0.05, 0) is 17.0 Å². The van der Waals surface area contributed by atoms with Crippen LogP contribution in [0.1, 0.15) is 23.7 Å². The van der Waals surface area contributed by atoms with Crippen LogP contribution in [0.25, 0.3) is 21.9 Å². The van der Waals surface area contributed by atoms with E-state index in [1.807, 2.05) is 61.8 Å². The van der Waals surface area contributed by atoms with E-state index in [1.54, 1.807) is 0 Å². The number of fused-ring (bicyclic) bond motifs is 1. The number of benzene rings is 2. The minimum Gasteiger partial charge on any atom is -0.294 e. The van der Waals surface area contributed by atoms with E-state index in [-0.39, 0.29) is 5.78 Å². The van der Waals surface area contributed by atoms with Crippen molar-refractivity contribution in [3.05, 3.63) is 66.5 Å². The van der Waals surface area contributed by atoms with Crippen molar-refractivity contribution < 1.29 is 4.79 Å². The van der Waals surface area contributed by atoms with Crippen LogP contribution in [-0.2, 0) is 0 Å². The zero-order chi connectivity index (χ0) is 13.9. The Morgan fingerprint density at radius 3 is 2.75 bits per heavy atom. The van der Waals surface area contributed by atoms with E-state index < -0.39 is 0 Å². The van der Waals surface area contributed by atoms with Gasteiger partial charge in [-0.2, -0.15) is 0 Å². The van der Waals surface area contributed by atoms with Gasteiger partial charge in [0.1, 0.15) is 0 Å². The first kappa shape index (κ1) is 12.5. The van der Waals surface area contributed by atoms with Gasteiger partial charge in [0.25, 0.3) is 0 Å². The predicted octanol–water partition coefficient (Wildman–Crippen LogP) is 4.49. The molecule has 2 nitrogen and oxygen atoms in total. The summed E-state index contributed by atoms with van der Waals surface area (Å²) in [6, 6.07) is 15.9. The molecule has 0 aliphatic rings. The minimum absolute atomic E-state index is 0.167. The third-order valence-corrected chi connectivity index (χ3v) is 3.48. The van der Waals surface area contributed by atoms with Crippen LogP contribution < -0.4 is 0 Å². The molecule has 0 radical (unpaired) electrons. The number of aromatic nitrogens is 1. The van der Waals surface area contributed by atoms with Gasteiger partial charge in [0.05, 0.1) is 0 Å². The van der Waals surface area contributed by atoms with E-state index in [0.717, 1.165) is 27.5 Å². The van der Waals surface area contributed by atoms with Crippen LogP contribution in [-0.4, -0.2) is 10.8 Å². The van der Waals surface area contributed by atoms with Gasteiger partial charge in [0.15, 0.2) is 5.78 Å². The molecular weight excluding hydrogens is 246 g/mol. The lowest BCUT2D eigenvalue weighted by molar-refractivity contribution is 0.0988. The summed E-state index contributed by atoms with van der Waals surface area (Å²) in [5.74, 6) is 0.167. The lowest BCUT2D eigenvalue weighted by atomic mass is 9.98. The molecule has 0 unspecified atom stereocenters. The number of nitrogens with zero attached hydrogens (tertiary/aromatic N) is 1. The molecule has 0 bridgehead atoms. The molecule has 1 aromatic heterocycles. The average Bonchev–Trinajstić information content (AvgIpc) is 2.53. The Morgan fingerprint density at radius 2 is 1.90 bits per heavy atom. The molecule has 0 saturated heterocycles.